The van der Waals surface area contributed by atoms with Crippen molar-refractivity contribution >= 4 is 48.4 Å². The number of ether oxygens (including phenoxy) is 2. The highest BCUT2D eigenvalue weighted by molar-refractivity contribution is 5.85. The molecule has 74 heavy (non-hydrogen) atoms. The Bertz CT molecular complexity index is 1960. The SMILES string of the molecule is CC=CC1CCCN1C.CCC.CNC(C(=O)N1CCC[C@H]1C=O)C(C)C.CNc1ccc(C2CC[C@@H](c3ccc(NC)cc3)N2c2c(O)cc(C(C)(C)C)cc2O)cc1.COC.COC=O.C[C@@H](C=O)NC=O. The molecule has 0 radical (unpaired) electrons. The van der Waals surface area contributed by atoms with Crippen molar-refractivity contribution in [3.05, 3.63) is 89.5 Å². The van der Waals surface area contributed by atoms with Crippen LogP contribution < -0.4 is 26.2 Å². The number of anilines is 3. The number of carbonyl (C=O) groups excluding carboxylic acids is 5. The number of nitrogens with one attached hydrogen (secondary N) is 4. The van der Waals surface area contributed by atoms with Crippen molar-refractivity contribution in [2.24, 2.45) is 5.92 Å². The highest BCUT2D eigenvalue weighted by atomic mass is 16.5. The number of phenolic OH excluding ortho intramolecular Hbond substituents is 2. The first kappa shape index (κ1) is 68.0. The van der Waals surface area contributed by atoms with Crippen LogP contribution in [0.15, 0.2) is 72.8 Å². The van der Waals surface area contributed by atoms with Crippen LogP contribution in [-0.2, 0) is 38.9 Å². The lowest BCUT2D eigenvalue weighted by atomic mass is 9.86. The van der Waals surface area contributed by atoms with Gasteiger partial charge in [0.2, 0.25) is 12.3 Å². The Morgan fingerprint density at radius 3 is 1.53 bits per heavy atom. The van der Waals surface area contributed by atoms with Gasteiger partial charge in [0.05, 0.1) is 37.3 Å². The molecule has 3 heterocycles. The van der Waals surface area contributed by atoms with Gasteiger partial charge in [-0.3, -0.25) is 19.3 Å². The Morgan fingerprint density at radius 1 is 0.770 bits per heavy atom. The van der Waals surface area contributed by atoms with Gasteiger partial charge < -0.3 is 60.3 Å². The molecule has 3 unspecified atom stereocenters. The number of aromatic hydroxyl groups is 2. The second-order valence-corrected chi connectivity index (χ2v) is 19.6. The largest absolute Gasteiger partial charge is 0.506 e. The summed E-state index contributed by atoms with van der Waals surface area (Å²) >= 11 is 0. The van der Waals surface area contributed by atoms with E-state index in [0.717, 1.165) is 54.9 Å². The third kappa shape index (κ3) is 23.1. The van der Waals surface area contributed by atoms with E-state index >= 15 is 0 Å². The van der Waals surface area contributed by atoms with E-state index in [1.165, 1.54) is 44.0 Å². The van der Waals surface area contributed by atoms with E-state index in [0.29, 0.717) is 31.4 Å². The monoisotopic (exact) mass is 1030 g/mol. The van der Waals surface area contributed by atoms with Crippen molar-refractivity contribution in [3.63, 3.8) is 0 Å². The zero-order chi connectivity index (χ0) is 56.4. The van der Waals surface area contributed by atoms with Crippen molar-refractivity contribution in [3.8, 4) is 11.5 Å². The second kappa shape index (κ2) is 37.7. The van der Waals surface area contributed by atoms with Gasteiger partial charge in [-0.15, -0.1) is 0 Å². The molecule has 16 heteroatoms. The third-order valence-electron chi connectivity index (χ3n) is 12.4. The van der Waals surface area contributed by atoms with Gasteiger partial charge in [-0.1, -0.05) is 91.3 Å². The fourth-order valence-corrected chi connectivity index (χ4v) is 8.50. The molecule has 0 bridgehead atoms. The Balaban J connectivity index is 0.00000107. The van der Waals surface area contributed by atoms with Gasteiger partial charge in [0.25, 0.3) is 6.47 Å². The van der Waals surface area contributed by atoms with Gasteiger partial charge in [-0.2, -0.15) is 0 Å². The van der Waals surface area contributed by atoms with Crippen LogP contribution in [0.2, 0.25) is 0 Å². The standard InChI is InChI=1S/C28H35N3O2.C11H20N2O2.C8H15N.C4H7NO2.C3H8.C2H4O2.C2H6O/c1-28(2,3)20-16-25(32)27(26(33)17-20)31-23(18-6-10-21(29-4)11-7-18)14-15-24(31)19-8-12-22(30-5)13-9-19;1-8(2)10(12-3)11(15)13-6-4-5-9(13)7-14;1-3-5-8-6-4-7-9(8)2;1-4(2-6)5-3-7;1-3-2;1-4-2-3;1-3-2/h6-13,16-17,23-24,29-30,32-33H,14-15H2,1-5H3;7-10,12H,4-6H2,1-3H3;3,5,8H,4,6-7H2,1-2H3;2-4H,1H3,(H,5,7);3H2,1-2H3;2H,1H3;1-2H3/t23-,24?;9-,10?;;4-;;;/m00.0.../s1. The van der Waals surface area contributed by atoms with E-state index in [2.05, 4.69) is 150 Å². The normalized spacial score (nSPS) is 18.5. The first-order valence-electron chi connectivity index (χ1n) is 25.9. The molecule has 6 atom stereocenters. The molecule has 0 aromatic heterocycles. The first-order valence-corrected chi connectivity index (χ1v) is 25.9. The van der Waals surface area contributed by atoms with Crippen LogP contribution in [0.4, 0.5) is 17.1 Å². The number of carbonyl (C=O) groups is 5. The number of methoxy groups -OCH3 is 2. The van der Waals surface area contributed by atoms with Gasteiger partial charge in [0, 0.05) is 52.3 Å². The number of benzene rings is 3. The maximum absolute atomic E-state index is 12.1. The molecule has 3 aromatic rings. The minimum Gasteiger partial charge on any atom is -0.506 e. The Hall–Kier alpha value is -5.97. The van der Waals surface area contributed by atoms with Crippen molar-refractivity contribution in [2.75, 3.05) is 78.1 Å². The van der Waals surface area contributed by atoms with Gasteiger partial charge >= 0.3 is 0 Å². The predicted molar refractivity (Wildman–Crippen MR) is 303 cm³/mol. The average Bonchev–Trinajstić information content (AvgIpc) is 4.15. The van der Waals surface area contributed by atoms with Crippen LogP contribution in [0.1, 0.15) is 136 Å². The molecule has 416 valence electrons. The minimum atomic E-state index is -0.350. The van der Waals surface area contributed by atoms with E-state index in [1.54, 1.807) is 45.2 Å². The Morgan fingerprint density at radius 2 is 1.22 bits per heavy atom. The molecular weight excluding hydrogens is 939 g/mol. The lowest BCUT2D eigenvalue weighted by Crippen LogP contribution is -2.50. The molecule has 3 aliphatic rings. The predicted octanol–water partition coefficient (Wildman–Crippen LogP) is 9.43. The quantitative estimate of drug-likeness (QED) is 0.0659. The van der Waals surface area contributed by atoms with Crippen molar-refractivity contribution in [2.45, 2.75) is 149 Å². The number of likely N-dealkylation sites (N-methyl/N-ethyl adjacent to an activating group) is 2. The number of rotatable bonds is 14. The number of hydrogen-bond acceptors (Lipinski definition) is 14. The van der Waals surface area contributed by atoms with Crippen LogP contribution in [0.5, 0.6) is 11.5 Å². The fraction of sp³-hybridized carbons (Fsp3) is 0.569. The summed E-state index contributed by atoms with van der Waals surface area (Å²) in [6.45, 7) is 20.5. The maximum atomic E-state index is 12.1. The van der Waals surface area contributed by atoms with Crippen molar-refractivity contribution in [1.29, 1.82) is 0 Å². The molecule has 3 aromatic carbocycles. The zero-order valence-electron chi connectivity index (χ0n) is 47.7. The zero-order valence-corrected chi connectivity index (χ0v) is 47.7. The smallest absolute Gasteiger partial charge is 0.292 e. The Labute approximate surface area is 445 Å². The summed E-state index contributed by atoms with van der Waals surface area (Å²) in [6, 6.07) is 20.5. The first-order chi connectivity index (χ1) is 35.2. The van der Waals surface area contributed by atoms with Crippen LogP contribution in [0.25, 0.3) is 0 Å². The molecular formula is C58H95N7O9. The number of allylic oxidation sites excluding steroid dienone is 1. The summed E-state index contributed by atoms with van der Waals surface area (Å²) in [4.78, 5) is 57.3. The molecule has 3 aliphatic heterocycles. The Kier molecular flexibility index (Phi) is 34.7. The lowest BCUT2D eigenvalue weighted by molar-refractivity contribution is -0.137. The molecule has 3 fully saturated rings. The van der Waals surface area contributed by atoms with E-state index < -0.39 is 0 Å². The molecule has 0 spiro atoms. The van der Waals surface area contributed by atoms with Crippen LogP contribution in [0.3, 0.4) is 0 Å². The molecule has 0 saturated carbocycles. The number of nitrogens with zero attached hydrogens (tertiary/aromatic N) is 3. The number of phenols is 2. The third-order valence-corrected chi connectivity index (χ3v) is 12.4. The lowest BCUT2D eigenvalue weighted by Gasteiger charge is -2.35. The molecule has 16 nitrogen and oxygen atoms in total. The van der Waals surface area contributed by atoms with Gasteiger partial charge in [0.1, 0.15) is 29.8 Å². The van der Waals surface area contributed by atoms with E-state index in [4.69, 9.17) is 4.79 Å². The summed E-state index contributed by atoms with van der Waals surface area (Å²) in [6.07, 6.45) is 14.0. The van der Waals surface area contributed by atoms with Gasteiger partial charge in [-0.25, -0.2) is 0 Å². The maximum Gasteiger partial charge on any atom is 0.292 e. The van der Waals surface area contributed by atoms with Crippen molar-refractivity contribution < 1.29 is 43.7 Å². The number of hydrogen-bond donors (Lipinski definition) is 6. The summed E-state index contributed by atoms with van der Waals surface area (Å²) in [5, 5.41) is 33.9. The summed E-state index contributed by atoms with van der Waals surface area (Å²) in [5.41, 5.74) is 5.69. The summed E-state index contributed by atoms with van der Waals surface area (Å²) < 4.78 is 8.11. The van der Waals surface area contributed by atoms with Gasteiger partial charge in [0.15, 0.2) is 0 Å². The number of aldehydes is 2. The molecule has 2 amide bonds. The van der Waals surface area contributed by atoms with Crippen LogP contribution in [0, 0.1) is 5.92 Å². The molecule has 6 N–H and O–H groups in total. The van der Waals surface area contributed by atoms with Crippen LogP contribution in [-0.4, -0.2) is 138 Å². The topological polar surface area (TPSA) is 202 Å². The highest BCUT2D eigenvalue weighted by Gasteiger charge is 2.39. The molecule has 3 saturated heterocycles. The van der Waals surface area contributed by atoms with Crippen molar-refractivity contribution in [1.82, 2.24) is 20.4 Å². The number of amides is 2. The van der Waals surface area contributed by atoms with E-state index in [9.17, 15) is 29.4 Å². The van der Waals surface area contributed by atoms with E-state index in [1.807, 2.05) is 27.9 Å². The molecule has 6 rings (SSSR count). The average molecular weight is 1030 g/mol. The minimum absolute atomic E-state index is 0.0437. The molecule has 0 aliphatic carbocycles. The van der Waals surface area contributed by atoms with E-state index in [-0.39, 0.29) is 58.9 Å². The summed E-state index contributed by atoms with van der Waals surface area (Å²) in [5.74, 6) is 0.545. The summed E-state index contributed by atoms with van der Waals surface area (Å²) in [7, 11) is 12.4. The number of likely N-dealkylation sites (tertiary alicyclic amines) is 2. The van der Waals surface area contributed by atoms with Crippen LogP contribution >= 0.6 is 0 Å². The highest BCUT2D eigenvalue weighted by Crippen LogP contribution is 2.53. The fourth-order valence-electron chi connectivity index (χ4n) is 8.50. The second-order valence-electron chi connectivity index (χ2n) is 19.6. The van der Waals surface area contributed by atoms with Gasteiger partial charge in [-0.05, 0) is 137 Å².